The molecule has 1 aromatic carbocycles. The molecule has 2 N–H and O–H groups in total. The van der Waals surface area contributed by atoms with Crippen LogP contribution >= 0.6 is 0 Å². The largest absolute Gasteiger partial charge is 0.445 e. The van der Waals surface area contributed by atoms with Crippen molar-refractivity contribution < 1.29 is 17.6 Å². The molecule has 2 rings (SSSR count). The molecule has 0 amide bonds. The molecular weight excluding hydrogens is 257 g/mol. The van der Waals surface area contributed by atoms with E-state index in [2.05, 4.69) is 4.98 Å². The molecule has 1 heterocycles. The number of alkyl halides is 3. The number of rotatable bonds is 4. The molecule has 102 valence electrons. The molecule has 0 spiro atoms. The Balaban J connectivity index is 2.23. The van der Waals surface area contributed by atoms with E-state index in [1.54, 1.807) is 6.07 Å². The molecule has 2 aromatic rings. The van der Waals surface area contributed by atoms with Gasteiger partial charge in [0.1, 0.15) is 5.76 Å². The van der Waals surface area contributed by atoms with E-state index in [9.17, 15) is 13.2 Å². The number of nitrogens with zero attached hydrogens (tertiary/aromatic N) is 1. The minimum atomic E-state index is -4.37. The summed E-state index contributed by atoms with van der Waals surface area (Å²) < 4.78 is 43.8. The molecule has 0 saturated heterocycles. The van der Waals surface area contributed by atoms with E-state index in [0.717, 1.165) is 6.07 Å². The molecule has 0 unspecified atom stereocenters. The summed E-state index contributed by atoms with van der Waals surface area (Å²) in [4.78, 5) is 3.96. The van der Waals surface area contributed by atoms with Crippen molar-refractivity contribution in [2.24, 2.45) is 5.73 Å². The highest BCUT2D eigenvalue weighted by Crippen LogP contribution is 2.32. The molecule has 0 saturated carbocycles. The van der Waals surface area contributed by atoms with Gasteiger partial charge in [0.15, 0.2) is 5.89 Å². The Morgan fingerprint density at radius 3 is 2.63 bits per heavy atom. The van der Waals surface area contributed by atoms with E-state index in [4.69, 9.17) is 10.2 Å². The number of nitrogens with two attached hydrogens (primary N) is 1. The molecule has 0 bridgehead atoms. The summed E-state index contributed by atoms with van der Waals surface area (Å²) in [5.74, 6) is 0.849. The van der Waals surface area contributed by atoms with Gasteiger partial charge in [-0.2, -0.15) is 13.2 Å². The van der Waals surface area contributed by atoms with Gasteiger partial charge in [-0.25, -0.2) is 4.98 Å². The third-order valence-electron chi connectivity index (χ3n) is 2.66. The first-order chi connectivity index (χ1) is 9.00. The van der Waals surface area contributed by atoms with Crippen LogP contribution in [0.25, 0.3) is 0 Å². The van der Waals surface area contributed by atoms with Crippen LogP contribution in [0, 0.1) is 0 Å². The lowest BCUT2D eigenvalue weighted by molar-refractivity contribution is -0.138. The average molecular weight is 270 g/mol. The van der Waals surface area contributed by atoms with E-state index in [0.29, 0.717) is 18.7 Å². The fraction of sp³-hybridized carbons (Fsp3) is 0.308. The van der Waals surface area contributed by atoms with Gasteiger partial charge in [0, 0.05) is 12.8 Å². The minimum absolute atomic E-state index is 0.0141. The van der Waals surface area contributed by atoms with Crippen LogP contribution in [-0.2, 0) is 19.0 Å². The lowest BCUT2D eigenvalue weighted by Gasteiger charge is -2.11. The van der Waals surface area contributed by atoms with Gasteiger partial charge in [0.2, 0.25) is 0 Å². The van der Waals surface area contributed by atoms with Crippen molar-refractivity contribution in [3.05, 3.63) is 53.2 Å². The van der Waals surface area contributed by atoms with Gasteiger partial charge in [0.05, 0.1) is 11.8 Å². The van der Waals surface area contributed by atoms with Gasteiger partial charge in [-0.15, -0.1) is 0 Å². The van der Waals surface area contributed by atoms with E-state index in [1.807, 2.05) is 0 Å². The summed E-state index contributed by atoms with van der Waals surface area (Å²) in [6, 6.07) is 5.41. The molecule has 3 nitrogen and oxygen atoms in total. The van der Waals surface area contributed by atoms with E-state index in [1.165, 1.54) is 18.3 Å². The van der Waals surface area contributed by atoms with Gasteiger partial charge < -0.3 is 10.2 Å². The molecule has 0 atom stereocenters. The van der Waals surface area contributed by atoms with Crippen LogP contribution in [0.15, 0.2) is 34.9 Å². The first-order valence-electron chi connectivity index (χ1n) is 5.79. The Hall–Kier alpha value is -1.82. The molecule has 0 radical (unpaired) electrons. The Bertz CT molecular complexity index is 549. The normalized spacial score (nSPS) is 11.8. The number of hydrogen-bond donors (Lipinski definition) is 1. The third-order valence-corrected chi connectivity index (χ3v) is 2.66. The highest BCUT2D eigenvalue weighted by Gasteiger charge is 2.33. The van der Waals surface area contributed by atoms with Crippen LogP contribution in [0.5, 0.6) is 0 Å². The van der Waals surface area contributed by atoms with Crippen molar-refractivity contribution in [3.8, 4) is 0 Å². The summed E-state index contributed by atoms with van der Waals surface area (Å²) in [5.41, 5.74) is 4.86. The van der Waals surface area contributed by atoms with Crippen LogP contribution in [-0.4, -0.2) is 11.5 Å². The van der Waals surface area contributed by atoms with E-state index in [-0.39, 0.29) is 17.9 Å². The lowest BCUT2D eigenvalue weighted by atomic mass is 10.0. The van der Waals surface area contributed by atoms with Gasteiger partial charge >= 0.3 is 6.18 Å². The maximum Gasteiger partial charge on any atom is 0.416 e. The third kappa shape index (κ3) is 3.35. The topological polar surface area (TPSA) is 52.0 Å². The van der Waals surface area contributed by atoms with Crippen molar-refractivity contribution in [2.75, 3.05) is 6.54 Å². The van der Waals surface area contributed by atoms with Crippen LogP contribution in [0.4, 0.5) is 13.2 Å². The zero-order valence-electron chi connectivity index (χ0n) is 10.1. The molecule has 6 heteroatoms. The fourth-order valence-electron chi connectivity index (χ4n) is 1.80. The Morgan fingerprint density at radius 1 is 1.21 bits per heavy atom. The average Bonchev–Trinajstić information content (AvgIpc) is 2.76. The second kappa shape index (κ2) is 5.44. The number of aromatic nitrogens is 1. The van der Waals surface area contributed by atoms with Gasteiger partial charge in [-0.1, -0.05) is 18.2 Å². The molecule has 19 heavy (non-hydrogen) atoms. The van der Waals surface area contributed by atoms with Crippen LogP contribution in [0.3, 0.4) is 0 Å². The van der Waals surface area contributed by atoms with Crippen molar-refractivity contribution in [1.82, 2.24) is 4.98 Å². The van der Waals surface area contributed by atoms with E-state index < -0.39 is 11.7 Å². The predicted molar refractivity (Wildman–Crippen MR) is 63.5 cm³/mol. The van der Waals surface area contributed by atoms with Gasteiger partial charge in [-0.05, 0) is 18.2 Å². The van der Waals surface area contributed by atoms with E-state index >= 15 is 0 Å². The number of halogens is 3. The Morgan fingerprint density at radius 2 is 1.95 bits per heavy atom. The Kier molecular flexibility index (Phi) is 3.90. The maximum atomic E-state index is 12.8. The highest BCUT2D eigenvalue weighted by atomic mass is 19.4. The van der Waals surface area contributed by atoms with Crippen LogP contribution in [0.1, 0.15) is 22.8 Å². The quantitative estimate of drug-likeness (QED) is 0.929. The van der Waals surface area contributed by atoms with Gasteiger partial charge in [-0.3, -0.25) is 0 Å². The standard InChI is InChI=1S/C13H13F3N2O/c14-13(15,16)11-4-2-1-3-9(11)7-12-18-8-10(19-12)5-6-17/h1-4,8H,5-7,17H2. The summed E-state index contributed by atoms with van der Waals surface area (Å²) in [5, 5.41) is 0. The summed E-state index contributed by atoms with van der Waals surface area (Å²) in [6.45, 7) is 0.410. The number of oxazole rings is 1. The monoisotopic (exact) mass is 270 g/mol. The second-order valence-electron chi connectivity index (χ2n) is 4.09. The zero-order chi connectivity index (χ0) is 13.9. The first-order valence-corrected chi connectivity index (χ1v) is 5.79. The van der Waals surface area contributed by atoms with Gasteiger partial charge in [0.25, 0.3) is 0 Å². The molecule has 0 aliphatic heterocycles. The predicted octanol–water partition coefficient (Wildman–Crippen LogP) is 2.79. The summed E-state index contributed by atoms with van der Waals surface area (Å²) in [7, 11) is 0. The second-order valence-corrected chi connectivity index (χ2v) is 4.09. The molecule has 0 aliphatic rings. The van der Waals surface area contributed by atoms with Crippen molar-refractivity contribution in [1.29, 1.82) is 0 Å². The SMILES string of the molecule is NCCc1cnc(Cc2ccccc2C(F)(F)F)o1. The van der Waals surface area contributed by atoms with Crippen LogP contribution < -0.4 is 5.73 Å². The summed E-state index contributed by atoms with van der Waals surface area (Å²) in [6.07, 6.45) is -2.34. The van der Waals surface area contributed by atoms with Crippen molar-refractivity contribution in [2.45, 2.75) is 19.0 Å². The summed E-state index contributed by atoms with van der Waals surface area (Å²) >= 11 is 0. The van der Waals surface area contributed by atoms with Crippen molar-refractivity contribution in [3.63, 3.8) is 0 Å². The maximum absolute atomic E-state index is 12.8. The molecule has 0 aliphatic carbocycles. The smallest absolute Gasteiger partial charge is 0.416 e. The molecule has 1 aromatic heterocycles. The number of benzene rings is 1. The minimum Gasteiger partial charge on any atom is -0.445 e. The van der Waals surface area contributed by atoms with Crippen molar-refractivity contribution >= 4 is 0 Å². The number of hydrogen-bond acceptors (Lipinski definition) is 3. The Labute approximate surface area is 108 Å². The molecule has 0 fully saturated rings. The first kappa shape index (κ1) is 13.6. The highest BCUT2D eigenvalue weighted by molar-refractivity contribution is 5.31. The van der Waals surface area contributed by atoms with Crippen LogP contribution in [0.2, 0.25) is 0 Å². The fourth-order valence-corrected chi connectivity index (χ4v) is 1.80. The lowest BCUT2D eigenvalue weighted by Crippen LogP contribution is -2.09. The zero-order valence-corrected chi connectivity index (χ0v) is 10.1. The molecular formula is C13H13F3N2O.